The molecule has 27 heavy (non-hydrogen) atoms. The van der Waals surface area contributed by atoms with Gasteiger partial charge < -0.3 is 10.2 Å². The van der Waals surface area contributed by atoms with E-state index in [2.05, 4.69) is 5.32 Å². The predicted octanol–water partition coefficient (Wildman–Crippen LogP) is 3.79. The largest absolute Gasteiger partial charge is 0.355 e. The first-order valence-electron chi connectivity index (χ1n) is 9.64. The van der Waals surface area contributed by atoms with Crippen molar-refractivity contribution in [2.75, 3.05) is 6.54 Å². The van der Waals surface area contributed by atoms with Crippen LogP contribution in [0.25, 0.3) is 0 Å². The van der Waals surface area contributed by atoms with Crippen molar-refractivity contribution in [1.29, 1.82) is 0 Å². The maximum Gasteiger partial charge on any atom is 0.242 e. The molecule has 2 amide bonds. The fraction of sp³-hybridized carbons (Fsp3) is 0.391. The number of likely N-dealkylation sites (N-methyl/N-ethyl adjacent to an activating group) is 1. The van der Waals surface area contributed by atoms with Crippen molar-refractivity contribution >= 4 is 11.8 Å². The summed E-state index contributed by atoms with van der Waals surface area (Å²) >= 11 is 0. The van der Waals surface area contributed by atoms with Crippen LogP contribution in [-0.4, -0.2) is 29.3 Å². The molecule has 0 heterocycles. The normalized spacial score (nSPS) is 11.7. The van der Waals surface area contributed by atoms with Crippen molar-refractivity contribution in [1.82, 2.24) is 10.2 Å². The van der Waals surface area contributed by atoms with Crippen LogP contribution in [0, 0.1) is 13.8 Å². The predicted molar refractivity (Wildman–Crippen MR) is 109 cm³/mol. The summed E-state index contributed by atoms with van der Waals surface area (Å²) in [4.78, 5) is 27.6. The zero-order chi connectivity index (χ0) is 19.8. The van der Waals surface area contributed by atoms with Crippen LogP contribution in [0.15, 0.2) is 48.5 Å². The van der Waals surface area contributed by atoms with Crippen molar-refractivity contribution in [3.63, 3.8) is 0 Å². The Morgan fingerprint density at radius 2 is 1.48 bits per heavy atom. The number of amides is 2. The van der Waals surface area contributed by atoms with E-state index in [-0.39, 0.29) is 11.8 Å². The number of carbonyl (C=O) groups is 2. The SMILES string of the molecule is CCNC(=O)[C@@H](CC)N(Cc1ccccc1C)C(=O)Cc1ccccc1C. The monoisotopic (exact) mass is 366 g/mol. The topological polar surface area (TPSA) is 49.4 Å². The molecule has 2 aromatic rings. The highest BCUT2D eigenvalue weighted by atomic mass is 16.2. The Labute approximate surface area is 162 Å². The molecule has 0 bridgehead atoms. The lowest BCUT2D eigenvalue weighted by molar-refractivity contribution is -0.140. The van der Waals surface area contributed by atoms with E-state index in [4.69, 9.17) is 0 Å². The van der Waals surface area contributed by atoms with Gasteiger partial charge in [-0.15, -0.1) is 0 Å². The van der Waals surface area contributed by atoms with Crippen molar-refractivity contribution < 1.29 is 9.59 Å². The van der Waals surface area contributed by atoms with Crippen LogP contribution < -0.4 is 5.32 Å². The number of rotatable bonds is 8. The number of benzene rings is 2. The summed E-state index contributed by atoms with van der Waals surface area (Å²) in [6, 6.07) is 15.4. The third-order valence-electron chi connectivity index (χ3n) is 4.94. The molecular weight excluding hydrogens is 336 g/mol. The van der Waals surface area contributed by atoms with Gasteiger partial charge in [-0.25, -0.2) is 0 Å². The molecule has 0 unspecified atom stereocenters. The second kappa shape index (κ2) is 9.91. The Morgan fingerprint density at radius 1 is 0.926 bits per heavy atom. The number of nitrogens with zero attached hydrogens (tertiary/aromatic N) is 1. The standard InChI is InChI=1S/C23H30N2O2/c1-5-21(23(27)24-6-2)25(16-20-14-10-8-12-18(20)4)22(26)15-19-13-9-7-11-17(19)3/h7-14,21H,5-6,15-16H2,1-4H3,(H,24,27)/t21-/m1/s1. The van der Waals surface area contributed by atoms with Crippen molar-refractivity contribution in [2.24, 2.45) is 0 Å². The Balaban J connectivity index is 2.32. The lowest BCUT2D eigenvalue weighted by Gasteiger charge is -2.31. The Morgan fingerprint density at radius 3 is 2.00 bits per heavy atom. The summed E-state index contributed by atoms with van der Waals surface area (Å²) in [5.41, 5.74) is 4.28. The van der Waals surface area contributed by atoms with Crippen molar-refractivity contribution in [3.8, 4) is 0 Å². The van der Waals surface area contributed by atoms with Crippen LogP contribution in [0.5, 0.6) is 0 Å². The molecule has 0 aliphatic heterocycles. The number of aryl methyl sites for hydroxylation is 2. The molecule has 0 fully saturated rings. The molecule has 1 N–H and O–H groups in total. The molecule has 0 aliphatic rings. The van der Waals surface area contributed by atoms with Gasteiger partial charge >= 0.3 is 0 Å². The molecule has 2 aromatic carbocycles. The third kappa shape index (κ3) is 5.43. The minimum Gasteiger partial charge on any atom is -0.355 e. The van der Waals surface area contributed by atoms with E-state index in [1.807, 2.05) is 76.2 Å². The van der Waals surface area contributed by atoms with Gasteiger partial charge in [0.1, 0.15) is 6.04 Å². The zero-order valence-corrected chi connectivity index (χ0v) is 16.8. The first-order valence-corrected chi connectivity index (χ1v) is 9.64. The van der Waals surface area contributed by atoms with E-state index in [1.165, 1.54) is 0 Å². The second-order valence-electron chi connectivity index (χ2n) is 6.87. The van der Waals surface area contributed by atoms with Gasteiger partial charge in [0.2, 0.25) is 11.8 Å². The first-order chi connectivity index (χ1) is 13.0. The van der Waals surface area contributed by atoms with Gasteiger partial charge in [-0.2, -0.15) is 0 Å². The maximum absolute atomic E-state index is 13.2. The molecule has 0 aromatic heterocycles. The summed E-state index contributed by atoms with van der Waals surface area (Å²) in [5, 5.41) is 2.87. The molecule has 1 atom stereocenters. The van der Waals surface area contributed by atoms with Crippen LogP contribution in [0.2, 0.25) is 0 Å². The molecular formula is C23H30N2O2. The lowest BCUT2D eigenvalue weighted by Crippen LogP contribution is -2.49. The van der Waals surface area contributed by atoms with Crippen LogP contribution >= 0.6 is 0 Å². The molecule has 4 nitrogen and oxygen atoms in total. The van der Waals surface area contributed by atoms with Gasteiger partial charge in [-0.3, -0.25) is 9.59 Å². The van der Waals surface area contributed by atoms with Gasteiger partial charge in [-0.1, -0.05) is 55.5 Å². The van der Waals surface area contributed by atoms with Crippen LogP contribution in [0.3, 0.4) is 0 Å². The van der Waals surface area contributed by atoms with E-state index in [0.717, 1.165) is 22.3 Å². The van der Waals surface area contributed by atoms with E-state index in [0.29, 0.717) is 25.9 Å². The Kier molecular flexibility index (Phi) is 7.59. The molecule has 2 rings (SSSR count). The van der Waals surface area contributed by atoms with Crippen molar-refractivity contribution in [3.05, 3.63) is 70.8 Å². The molecule has 0 aliphatic carbocycles. The maximum atomic E-state index is 13.2. The molecule has 4 heteroatoms. The van der Waals surface area contributed by atoms with Crippen LogP contribution in [-0.2, 0) is 22.6 Å². The minimum absolute atomic E-state index is 0.0225. The average Bonchev–Trinajstić information content (AvgIpc) is 2.65. The zero-order valence-electron chi connectivity index (χ0n) is 16.8. The fourth-order valence-corrected chi connectivity index (χ4v) is 3.26. The minimum atomic E-state index is -0.471. The second-order valence-corrected chi connectivity index (χ2v) is 6.87. The van der Waals surface area contributed by atoms with E-state index in [1.54, 1.807) is 4.90 Å². The van der Waals surface area contributed by atoms with Crippen LogP contribution in [0.1, 0.15) is 42.5 Å². The highest BCUT2D eigenvalue weighted by molar-refractivity contribution is 5.88. The summed E-state index contributed by atoms with van der Waals surface area (Å²) in [6.07, 6.45) is 0.881. The number of nitrogens with one attached hydrogen (secondary N) is 1. The summed E-state index contributed by atoms with van der Waals surface area (Å²) in [7, 11) is 0. The number of carbonyl (C=O) groups excluding carboxylic acids is 2. The number of hydrogen-bond acceptors (Lipinski definition) is 2. The lowest BCUT2D eigenvalue weighted by atomic mass is 10.0. The Bertz CT molecular complexity index is 785. The van der Waals surface area contributed by atoms with E-state index < -0.39 is 6.04 Å². The summed E-state index contributed by atoms with van der Waals surface area (Å²) in [5.74, 6) is -0.114. The van der Waals surface area contributed by atoms with Crippen LogP contribution in [0.4, 0.5) is 0 Å². The van der Waals surface area contributed by atoms with Crippen molar-refractivity contribution in [2.45, 2.75) is 53.1 Å². The molecule has 0 saturated carbocycles. The third-order valence-corrected chi connectivity index (χ3v) is 4.94. The van der Waals surface area contributed by atoms with Gasteiger partial charge in [0.05, 0.1) is 6.42 Å². The summed E-state index contributed by atoms with van der Waals surface area (Å²) < 4.78 is 0. The van der Waals surface area contributed by atoms with Gasteiger partial charge in [-0.05, 0) is 49.4 Å². The van der Waals surface area contributed by atoms with Gasteiger partial charge in [0, 0.05) is 13.1 Å². The quantitative estimate of drug-likeness (QED) is 0.773. The fourth-order valence-electron chi connectivity index (χ4n) is 3.26. The number of hydrogen-bond donors (Lipinski definition) is 1. The van der Waals surface area contributed by atoms with Gasteiger partial charge in [0.15, 0.2) is 0 Å². The highest BCUT2D eigenvalue weighted by Gasteiger charge is 2.28. The molecule has 0 radical (unpaired) electrons. The molecule has 144 valence electrons. The van der Waals surface area contributed by atoms with E-state index in [9.17, 15) is 9.59 Å². The Hall–Kier alpha value is -2.62. The molecule has 0 saturated heterocycles. The highest BCUT2D eigenvalue weighted by Crippen LogP contribution is 2.18. The first kappa shape index (κ1) is 20.7. The average molecular weight is 367 g/mol. The van der Waals surface area contributed by atoms with E-state index >= 15 is 0 Å². The molecule has 0 spiro atoms. The van der Waals surface area contributed by atoms with Gasteiger partial charge in [0.25, 0.3) is 0 Å². The smallest absolute Gasteiger partial charge is 0.242 e. The summed E-state index contributed by atoms with van der Waals surface area (Å²) in [6.45, 7) is 8.88.